The molecule has 1 unspecified atom stereocenters. The molecule has 0 bridgehead atoms. The van der Waals surface area contributed by atoms with Gasteiger partial charge in [-0.3, -0.25) is 19.6 Å². The highest BCUT2D eigenvalue weighted by Gasteiger charge is 2.23. The average Bonchev–Trinajstić information content (AvgIpc) is 3.33. The van der Waals surface area contributed by atoms with Gasteiger partial charge in [0.2, 0.25) is 5.91 Å². The zero-order valence-electron chi connectivity index (χ0n) is 17.3. The van der Waals surface area contributed by atoms with E-state index in [1.807, 2.05) is 24.3 Å². The molecule has 1 aliphatic rings. The number of H-pyrrole nitrogens is 1. The second kappa shape index (κ2) is 9.53. The van der Waals surface area contributed by atoms with Gasteiger partial charge in [-0.25, -0.2) is 4.98 Å². The molecule has 1 aromatic heterocycles. The van der Waals surface area contributed by atoms with E-state index < -0.39 is 0 Å². The van der Waals surface area contributed by atoms with Crippen LogP contribution in [0.25, 0.3) is 11.4 Å². The Morgan fingerprint density at radius 1 is 1.16 bits per heavy atom. The molecule has 4 N–H and O–H groups in total. The second-order valence-corrected chi connectivity index (χ2v) is 7.89. The molecule has 160 valence electrons. The fraction of sp³-hybridized carbons (Fsp3) is 0.304. The molecule has 4 rings (SSSR count). The van der Waals surface area contributed by atoms with Crippen molar-refractivity contribution >= 4 is 11.8 Å². The maximum atomic E-state index is 12.6. The van der Waals surface area contributed by atoms with Crippen LogP contribution in [0, 0.1) is 5.92 Å². The topological polar surface area (TPSA) is 117 Å². The number of hydrogen-bond acceptors (Lipinski definition) is 5. The Hall–Kier alpha value is -3.52. The highest BCUT2D eigenvalue weighted by atomic mass is 16.2. The smallest absolute Gasteiger partial charge is 0.251 e. The maximum absolute atomic E-state index is 12.6. The Morgan fingerprint density at radius 2 is 2.00 bits per heavy atom. The van der Waals surface area contributed by atoms with Gasteiger partial charge in [0, 0.05) is 30.8 Å². The first kappa shape index (κ1) is 20.7. The molecule has 1 atom stereocenters. The van der Waals surface area contributed by atoms with E-state index in [-0.39, 0.29) is 17.7 Å². The Bertz CT molecular complexity index is 1050. The fourth-order valence-electron chi connectivity index (χ4n) is 3.96. The molecule has 8 heteroatoms. The summed E-state index contributed by atoms with van der Waals surface area (Å²) in [5, 5.41) is 9.63. The Kier molecular flexibility index (Phi) is 6.37. The van der Waals surface area contributed by atoms with Gasteiger partial charge in [0.05, 0.1) is 5.92 Å². The molecule has 1 fully saturated rings. The van der Waals surface area contributed by atoms with Crippen LogP contribution in [-0.2, 0) is 17.9 Å². The minimum atomic E-state index is -0.214. The first-order valence-corrected chi connectivity index (χ1v) is 10.4. The summed E-state index contributed by atoms with van der Waals surface area (Å²) in [5.41, 5.74) is 9.04. The van der Waals surface area contributed by atoms with Crippen molar-refractivity contribution in [1.29, 1.82) is 0 Å². The van der Waals surface area contributed by atoms with Gasteiger partial charge in [-0.1, -0.05) is 36.4 Å². The molecular weight excluding hydrogens is 392 g/mol. The molecular formula is C23H26N6O2. The number of primary amides is 1. The predicted molar refractivity (Wildman–Crippen MR) is 117 cm³/mol. The lowest BCUT2D eigenvalue weighted by atomic mass is 9.97. The summed E-state index contributed by atoms with van der Waals surface area (Å²) in [6.07, 6.45) is 3.29. The first-order valence-electron chi connectivity index (χ1n) is 10.4. The molecule has 31 heavy (non-hydrogen) atoms. The predicted octanol–water partition coefficient (Wildman–Crippen LogP) is 2.10. The molecule has 0 aliphatic carbocycles. The summed E-state index contributed by atoms with van der Waals surface area (Å²) in [5.74, 6) is 0.197. The number of carbonyl (C=O) groups excluding carboxylic acids is 2. The lowest BCUT2D eigenvalue weighted by molar-refractivity contribution is -0.123. The van der Waals surface area contributed by atoms with Crippen molar-refractivity contribution in [3.63, 3.8) is 0 Å². The molecule has 2 aromatic carbocycles. The Labute approximate surface area is 180 Å². The molecule has 0 radical (unpaired) electrons. The highest BCUT2D eigenvalue weighted by Crippen LogP contribution is 2.19. The van der Waals surface area contributed by atoms with Crippen LogP contribution in [0.3, 0.4) is 0 Å². The summed E-state index contributed by atoms with van der Waals surface area (Å²) < 4.78 is 0. The van der Waals surface area contributed by atoms with Crippen molar-refractivity contribution in [2.45, 2.75) is 25.9 Å². The number of rotatable bonds is 7. The van der Waals surface area contributed by atoms with Crippen LogP contribution in [-0.4, -0.2) is 45.0 Å². The Balaban J connectivity index is 1.35. The molecule has 1 saturated heterocycles. The van der Waals surface area contributed by atoms with E-state index in [9.17, 15) is 9.59 Å². The number of amides is 2. The van der Waals surface area contributed by atoms with E-state index >= 15 is 0 Å². The van der Waals surface area contributed by atoms with Gasteiger partial charge in [0.15, 0.2) is 5.82 Å². The van der Waals surface area contributed by atoms with E-state index in [4.69, 9.17) is 5.73 Å². The molecule has 0 spiro atoms. The van der Waals surface area contributed by atoms with Gasteiger partial charge in [0.25, 0.3) is 5.91 Å². The van der Waals surface area contributed by atoms with Gasteiger partial charge >= 0.3 is 0 Å². The summed E-state index contributed by atoms with van der Waals surface area (Å²) in [6, 6.07) is 15.4. The van der Waals surface area contributed by atoms with Crippen LogP contribution in [0.2, 0.25) is 0 Å². The van der Waals surface area contributed by atoms with E-state index in [2.05, 4.69) is 37.5 Å². The Morgan fingerprint density at radius 3 is 2.81 bits per heavy atom. The third kappa shape index (κ3) is 5.35. The number of likely N-dealkylation sites (tertiary alicyclic amines) is 1. The van der Waals surface area contributed by atoms with Crippen LogP contribution in [0.15, 0.2) is 54.9 Å². The maximum Gasteiger partial charge on any atom is 0.251 e. The van der Waals surface area contributed by atoms with Crippen molar-refractivity contribution in [1.82, 2.24) is 25.4 Å². The van der Waals surface area contributed by atoms with Crippen LogP contribution in [0.4, 0.5) is 0 Å². The number of hydrogen-bond donors (Lipinski definition) is 3. The van der Waals surface area contributed by atoms with Crippen LogP contribution in [0.1, 0.15) is 34.3 Å². The van der Waals surface area contributed by atoms with E-state index in [0.717, 1.165) is 42.6 Å². The second-order valence-electron chi connectivity index (χ2n) is 7.89. The molecule has 2 amide bonds. The standard InChI is InChI=1S/C23H26N6O2/c24-21(30)20-8-3-9-29(14-20)13-17-5-1-4-16(10-17)12-25-23(31)19-7-2-6-18(11-19)22-26-15-27-28-22/h1-2,4-7,10-11,15,20H,3,8-9,12-14H2,(H2,24,30)(H,25,31)(H,26,27,28). The number of aromatic amines is 1. The number of piperidine rings is 1. The van der Waals surface area contributed by atoms with Crippen molar-refractivity contribution < 1.29 is 9.59 Å². The number of nitrogens with two attached hydrogens (primary N) is 1. The monoisotopic (exact) mass is 418 g/mol. The van der Waals surface area contributed by atoms with Gasteiger partial charge < -0.3 is 11.1 Å². The van der Waals surface area contributed by atoms with Crippen molar-refractivity contribution in [3.05, 3.63) is 71.5 Å². The van der Waals surface area contributed by atoms with E-state index in [0.29, 0.717) is 24.5 Å². The van der Waals surface area contributed by atoms with Crippen LogP contribution >= 0.6 is 0 Å². The average molecular weight is 419 g/mol. The summed E-state index contributed by atoms with van der Waals surface area (Å²) in [6.45, 7) is 2.87. The number of aromatic nitrogens is 3. The van der Waals surface area contributed by atoms with E-state index in [1.165, 1.54) is 6.33 Å². The number of benzene rings is 2. The third-order valence-corrected chi connectivity index (χ3v) is 5.57. The lowest BCUT2D eigenvalue weighted by Gasteiger charge is -2.31. The minimum Gasteiger partial charge on any atom is -0.369 e. The quantitative estimate of drug-likeness (QED) is 0.543. The van der Waals surface area contributed by atoms with Crippen LogP contribution in [0.5, 0.6) is 0 Å². The van der Waals surface area contributed by atoms with E-state index in [1.54, 1.807) is 12.1 Å². The number of carbonyl (C=O) groups is 2. The summed E-state index contributed by atoms with van der Waals surface area (Å²) >= 11 is 0. The third-order valence-electron chi connectivity index (χ3n) is 5.57. The summed E-state index contributed by atoms with van der Waals surface area (Å²) in [7, 11) is 0. The van der Waals surface area contributed by atoms with Gasteiger partial charge in [-0.15, -0.1) is 0 Å². The van der Waals surface area contributed by atoms with Crippen molar-refractivity contribution in [2.75, 3.05) is 13.1 Å². The zero-order chi connectivity index (χ0) is 21.6. The molecule has 3 aromatic rings. The molecule has 2 heterocycles. The largest absolute Gasteiger partial charge is 0.369 e. The number of nitrogens with one attached hydrogen (secondary N) is 2. The zero-order valence-corrected chi connectivity index (χ0v) is 17.3. The highest BCUT2D eigenvalue weighted by molar-refractivity contribution is 5.95. The van der Waals surface area contributed by atoms with Gasteiger partial charge in [-0.05, 0) is 42.6 Å². The lowest BCUT2D eigenvalue weighted by Crippen LogP contribution is -2.40. The summed E-state index contributed by atoms with van der Waals surface area (Å²) in [4.78, 5) is 30.5. The molecule has 1 aliphatic heterocycles. The van der Waals surface area contributed by atoms with Crippen molar-refractivity contribution in [3.8, 4) is 11.4 Å². The van der Waals surface area contributed by atoms with Gasteiger partial charge in [0.1, 0.15) is 6.33 Å². The molecule has 8 nitrogen and oxygen atoms in total. The fourth-order valence-corrected chi connectivity index (χ4v) is 3.96. The normalized spacial score (nSPS) is 16.7. The van der Waals surface area contributed by atoms with Crippen molar-refractivity contribution in [2.24, 2.45) is 11.7 Å². The SMILES string of the molecule is NC(=O)C1CCCN(Cc2cccc(CNC(=O)c3cccc(-c4ncn[nH]4)c3)c2)C1. The number of nitrogens with zero attached hydrogens (tertiary/aromatic N) is 3. The minimum absolute atomic E-state index is 0.0658. The molecule has 0 saturated carbocycles. The van der Waals surface area contributed by atoms with Gasteiger partial charge in [-0.2, -0.15) is 5.10 Å². The van der Waals surface area contributed by atoms with Crippen LogP contribution < -0.4 is 11.1 Å². The first-order chi connectivity index (χ1) is 15.1.